The average Bonchev–Trinajstić information content (AvgIpc) is 2.43. The largest absolute Gasteiger partial charge is 0.0843 e. The Labute approximate surface area is 132 Å². The molecular formula is C19H27P2+. The van der Waals surface area contributed by atoms with Crippen molar-refractivity contribution in [3.63, 3.8) is 0 Å². The van der Waals surface area contributed by atoms with E-state index in [1.54, 1.807) is 5.56 Å². The van der Waals surface area contributed by atoms with E-state index in [1.165, 1.54) is 34.9 Å². The van der Waals surface area contributed by atoms with Crippen molar-refractivity contribution in [2.75, 3.05) is 19.2 Å². The van der Waals surface area contributed by atoms with Gasteiger partial charge in [0, 0.05) is 20.6 Å². The fourth-order valence-corrected chi connectivity index (χ4v) is 7.87. The zero-order valence-corrected chi connectivity index (χ0v) is 15.6. The lowest BCUT2D eigenvalue weighted by atomic mass is 10.1. The molecule has 0 heterocycles. The molecule has 0 saturated heterocycles. The van der Waals surface area contributed by atoms with Gasteiger partial charge in [0.1, 0.15) is 0 Å². The van der Waals surface area contributed by atoms with Crippen LogP contribution in [-0.4, -0.2) is 19.2 Å². The normalized spacial score (nSPS) is 12.2. The molecule has 0 amide bonds. The molecule has 0 nitrogen and oxygen atoms in total. The van der Waals surface area contributed by atoms with E-state index in [9.17, 15) is 0 Å². The van der Waals surface area contributed by atoms with Crippen molar-refractivity contribution in [3.8, 4) is 0 Å². The second-order valence-corrected chi connectivity index (χ2v) is 12.8. The molecule has 0 aliphatic heterocycles. The van der Waals surface area contributed by atoms with Gasteiger partial charge in [-0.3, -0.25) is 0 Å². The molecule has 2 aromatic rings. The molecule has 2 heteroatoms. The van der Waals surface area contributed by atoms with E-state index in [-0.39, 0.29) is 0 Å². The summed E-state index contributed by atoms with van der Waals surface area (Å²) >= 11 is 0. The van der Waals surface area contributed by atoms with Gasteiger partial charge in [-0.1, -0.05) is 57.1 Å². The Hall–Kier alpha value is -0.700. The van der Waals surface area contributed by atoms with Gasteiger partial charge in [0.15, 0.2) is 0 Å². The second kappa shape index (κ2) is 7.53. The Kier molecular flexibility index (Phi) is 5.98. The summed E-state index contributed by atoms with van der Waals surface area (Å²) in [5, 5.41) is 0. The Morgan fingerprint density at radius 2 is 1.33 bits per heavy atom. The summed E-state index contributed by atoms with van der Waals surface area (Å²) in [5.41, 5.74) is 5.98. The van der Waals surface area contributed by atoms with Gasteiger partial charge in [-0.2, -0.15) is 0 Å². The number of benzene rings is 2. The zero-order chi connectivity index (χ0) is 15.3. The van der Waals surface area contributed by atoms with Crippen LogP contribution in [0, 0.1) is 13.8 Å². The third-order valence-electron chi connectivity index (χ3n) is 3.98. The first kappa shape index (κ1) is 16.7. The Morgan fingerprint density at radius 3 is 1.90 bits per heavy atom. The summed E-state index contributed by atoms with van der Waals surface area (Å²) in [6.45, 7) is 9.51. The van der Waals surface area contributed by atoms with Gasteiger partial charge >= 0.3 is 0 Å². The zero-order valence-electron chi connectivity index (χ0n) is 13.7. The van der Waals surface area contributed by atoms with Crippen LogP contribution in [0.5, 0.6) is 0 Å². The quantitative estimate of drug-likeness (QED) is 0.580. The maximum Gasteiger partial charge on any atom is 0.0843 e. The van der Waals surface area contributed by atoms with Gasteiger partial charge in [-0.25, -0.2) is 0 Å². The third kappa shape index (κ3) is 5.21. The summed E-state index contributed by atoms with van der Waals surface area (Å²) in [6, 6.07) is 17.7. The van der Waals surface area contributed by atoms with E-state index in [0.29, 0.717) is 0 Å². The number of aryl methyl sites for hydroxylation is 2. The monoisotopic (exact) mass is 317 g/mol. The molecule has 0 aliphatic carbocycles. The Balaban J connectivity index is 1.90. The minimum atomic E-state index is -0.831. The molecule has 0 saturated carbocycles. The van der Waals surface area contributed by atoms with Crippen LogP contribution >= 0.6 is 15.8 Å². The lowest BCUT2D eigenvalue weighted by molar-refractivity contribution is 1.28. The van der Waals surface area contributed by atoms with Crippen molar-refractivity contribution in [2.45, 2.75) is 26.2 Å². The van der Waals surface area contributed by atoms with Gasteiger partial charge in [-0.05, 0) is 42.3 Å². The molecule has 0 N–H and O–H groups in total. The molecule has 0 aliphatic rings. The van der Waals surface area contributed by atoms with E-state index in [1.807, 2.05) is 0 Å². The first-order valence-electron chi connectivity index (χ1n) is 7.60. The van der Waals surface area contributed by atoms with Gasteiger partial charge < -0.3 is 0 Å². The van der Waals surface area contributed by atoms with Crippen molar-refractivity contribution < 1.29 is 0 Å². The van der Waals surface area contributed by atoms with Gasteiger partial charge in [0.05, 0.1) is 12.1 Å². The van der Waals surface area contributed by atoms with Crippen LogP contribution in [0.3, 0.4) is 0 Å². The molecule has 0 radical (unpaired) electrons. The molecule has 2 aromatic carbocycles. The number of rotatable bonds is 6. The van der Waals surface area contributed by atoms with Crippen molar-refractivity contribution in [2.24, 2.45) is 0 Å². The van der Waals surface area contributed by atoms with Gasteiger partial charge in [0.25, 0.3) is 0 Å². The van der Waals surface area contributed by atoms with Crippen LogP contribution in [0.4, 0.5) is 0 Å². The summed E-state index contributed by atoms with van der Waals surface area (Å²) < 4.78 is 0. The standard InChI is InChI=1S/C19H27P2/c1-16-9-5-7-11-18(16)13-20-15-21(3,4)14-19-12-8-6-10-17(19)2/h5-12,20H,13-15H2,1-4H3/q+1. The summed E-state index contributed by atoms with van der Waals surface area (Å²) in [6.07, 6.45) is 2.55. The minimum Gasteiger partial charge on any atom is -0.0775 e. The Bertz CT molecular complexity index is 588. The second-order valence-electron chi connectivity index (χ2n) is 6.53. The average molecular weight is 317 g/mol. The highest BCUT2D eigenvalue weighted by Gasteiger charge is 2.25. The molecule has 0 fully saturated rings. The topological polar surface area (TPSA) is 0 Å². The Morgan fingerprint density at radius 1 is 0.810 bits per heavy atom. The van der Waals surface area contributed by atoms with Crippen molar-refractivity contribution in [1.82, 2.24) is 0 Å². The molecule has 2 rings (SSSR count). The van der Waals surface area contributed by atoms with Gasteiger partial charge in [0.2, 0.25) is 0 Å². The molecule has 0 spiro atoms. The molecule has 0 bridgehead atoms. The highest BCUT2D eigenvalue weighted by molar-refractivity contribution is 7.80. The van der Waals surface area contributed by atoms with Crippen molar-refractivity contribution >= 4 is 15.8 Å². The SMILES string of the molecule is Cc1ccccc1CPC[P+](C)(C)Cc1ccccc1C. The van der Waals surface area contributed by atoms with E-state index in [4.69, 9.17) is 0 Å². The molecule has 1 unspecified atom stereocenters. The van der Waals surface area contributed by atoms with Crippen molar-refractivity contribution in [3.05, 3.63) is 70.8 Å². The maximum atomic E-state index is 2.52. The van der Waals surface area contributed by atoms with Crippen LogP contribution in [0.2, 0.25) is 0 Å². The lowest BCUT2D eigenvalue weighted by Crippen LogP contribution is -1.98. The highest BCUT2D eigenvalue weighted by atomic mass is 31.2. The third-order valence-corrected chi connectivity index (χ3v) is 10.1. The van der Waals surface area contributed by atoms with Crippen molar-refractivity contribution in [1.29, 1.82) is 0 Å². The molecule has 0 aromatic heterocycles. The van der Waals surface area contributed by atoms with Crippen LogP contribution in [0.15, 0.2) is 48.5 Å². The van der Waals surface area contributed by atoms with Crippen LogP contribution < -0.4 is 0 Å². The first-order chi connectivity index (χ1) is 9.98. The maximum absolute atomic E-state index is 2.52. The van der Waals surface area contributed by atoms with Crippen LogP contribution in [0.1, 0.15) is 22.3 Å². The molecule has 112 valence electrons. The number of hydrogen-bond donors (Lipinski definition) is 0. The predicted octanol–water partition coefficient (Wildman–Crippen LogP) is 5.92. The predicted molar refractivity (Wildman–Crippen MR) is 102 cm³/mol. The van der Waals surface area contributed by atoms with Crippen LogP contribution in [-0.2, 0) is 12.3 Å². The first-order valence-corrected chi connectivity index (χ1v) is 12.1. The fraction of sp³-hybridized carbons (Fsp3) is 0.368. The van der Waals surface area contributed by atoms with Gasteiger partial charge in [-0.15, -0.1) is 0 Å². The minimum absolute atomic E-state index is 0.831. The summed E-state index contributed by atoms with van der Waals surface area (Å²) in [7, 11) is 0.224. The van der Waals surface area contributed by atoms with E-state index in [2.05, 4.69) is 75.7 Å². The number of hydrogen-bond acceptors (Lipinski definition) is 0. The summed E-state index contributed by atoms with van der Waals surface area (Å²) in [4.78, 5) is 0. The fourth-order valence-electron chi connectivity index (χ4n) is 2.61. The smallest absolute Gasteiger partial charge is 0.0775 e. The van der Waals surface area contributed by atoms with E-state index >= 15 is 0 Å². The highest BCUT2D eigenvalue weighted by Crippen LogP contribution is 2.58. The van der Waals surface area contributed by atoms with E-state index < -0.39 is 7.26 Å². The molecule has 21 heavy (non-hydrogen) atoms. The summed E-state index contributed by atoms with van der Waals surface area (Å²) in [5.74, 6) is 1.41. The molecular weight excluding hydrogens is 290 g/mol. The lowest BCUT2D eigenvalue weighted by Gasteiger charge is -2.19. The van der Waals surface area contributed by atoms with E-state index in [0.717, 1.165) is 8.58 Å². The van der Waals surface area contributed by atoms with Crippen LogP contribution in [0.25, 0.3) is 0 Å². The molecule has 1 atom stereocenters.